The lowest BCUT2D eigenvalue weighted by atomic mass is 10.0. The molecule has 0 spiro atoms. The van der Waals surface area contributed by atoms with Crippen LogP contribution in [-0.4, -0.2) is 43.3 Å². The monoisotopic (exact) mass is 424 g/mol. The predicted octanol–water partition coefficient (Wildman–Crippen LogP) is 3.53. The van der Waals surface area contributed by atoms with Gasteiger partial charge in [0.2, 0.25) is 5.91 Å². The first-order valence-corrected chi connectivity index (χ1v) is 9.12. The average molecular weight is 425 g/mol. The van der Waals surface area contributed by atoms with Gasteiger partial charge in [-0.05, 0) is 35.9 Å². The molecule has 29 heavy (non-hydrogen) atoms. The van der Waals surface area contributed by atoms with E-state index < -0.39 is 5.82 Å². The Labute approximate surface area is 174 Å². The number of hydrogen-bond donors (Lipinski definition) is 1. The van der Waals surface area contributed by atoms with Crippen LogP contribution in [0.1, 0.15) is 34.8 Å². The summed E-state index contributed by atoms with van der Waals surface area (Å²) in [6.45, 7) is 1.63. The molecule has 1 saturated heterocycles. The van der Waals surface area contributed by atoms with Gasteiger partial charge in [0.25, 0.3) is 0 Å². The zero-order valence-corrected chi connectivity index (χ0v) is 16.8. The maximum atomic E-state index is 13.8. The van der Waals surface area contributed by atoms with E-state index in [2.05, 4.69) is 5.32 Å². The largest absolute Gasteiger partial charge is 0.494 e. The molecule has 1 fully saturated rings. The number of ketones is 1. The smallest absolute Gasteiger partial charge is 0.223 e. The number of benzene rings is 2. The molecule has 0 bridgehead atoms. The minimum absolute atomic E-state index is 0. The summed E-state index contributed by atoms with van der Waals surface area (Å²) >= 11 is 0. The molecule has 1 aliphatic rings. The molecule has 1 N–H and O–H groups in total. The molecule has 1 aliphatic heterocycles. The summed E-state index contributed by atoms with van der Waals surface area (Å²) in [5.74, 6) is -1.41. The van der Waals surface area contributed by atoms with Crippen molar-refractivity contribution in [3.63, 3.8) is 0 Å². The number of rotatable bonds is 6. The Morgan fingerprint density at radius 2 is 1.97 bits per heavy atom. The molecule has 0 saturated carbocycles. The van der Waals surface area contributed by atoms with Crippen molar-refractivity contribution in [2.45, 2.75) is 18.9 Å². The number of ether oxygens (including phenoxy) is 1. The number of Topliss-reactive ketones (excluding diaryl/α,β-unsaturated/α-hetero) is 1. The third-order valence-electron chi connectivity index (χ3n) is 4.84. The number of carbonyl (C=O) groups is 2. The van der Waals surface area contributed by atoms with Gasteiger partial charge in [0.05, 0.1) is 13.2 Å². The molecule has 0 aliphatic carbocycles. The molecule has 1 amide bonds. The number of nitrogens with zero attached hydrogens (tertiary/aromatic N) is 1. The summed E-state index contributed by atoms with van der Waals surface area (Å²) in [6, 6.07) is 9.88. The number of methoxy groups -OCH3 is 1. The maximum Gasteiger partial charge on any atom is 0.223 e. The van der Waals surface area contributed by atoms with E-state index in [-0.39, 0.29) is 60.1 Å². The average Bonchev–Trinajstić information content (AvgIpc) is 2.71. The van der Waals surface area contributed by atoms with E-state index in [1.165, 1.54) is 31.4 Å². The Morgan fingerprint density at radius 3 is 2.66 bits per heavy atom. The molecule has 156 valence electrons. The van der Waals surface area contributed by atoms with Crippen LogP contribution in [0.4, 0.5) is 8.78 Å². The van der Waals surface area contributed by atoms with Crippen LogP contribution in [0.2, 0.25) is 0 Å². The standard InChI is InChI=1S/C21H22F2N2O3.ClH/c1-28-20-7-5-15(12-17(20)23)19(26)6-8-21(27)25-10-9-24-13-18(25)14-3-2-4-16(22)11-14;/h2-5,7,11-12,18,24H,6,8-10,13H2,1H3;1H. The Hall–Kier alpha value is -2.51. The summed E-state index contributed by atoms with van der Waals surface area (Å²) in [6.07, 6.45) is -0.0112. The van der Waals surface area contributed by atoms with E-state index in [9.17, 15) is 18.4 Å². The molecule has 8 heteroatoms. The Morgan fingerprint density at radius 1 is 1.17 bits per heavy atom. The van der Waals surface area contributed by atoms with Crippen LogP contribution in [0.5, 0.6) is 5.75 Å². The molecule has 0 aromatic heterocycles. The zero-order chi connectivity index (χ0) is 20.1. The number of halogens is 3. The third-order valence-corrected chi connectivity index (χ3v) is 4.84. The molecule has 3 rings (SSSR count). The van der Waals surface area contributed by atoms with E-state index in [1.807, 2.05) is 0 Å². The number of carbonyl (C=O) groups excluding carboxylic acids is 2. The van der Waals surface area contributed by atoms with E-state index >= 15 is 0 Å². The van der Waals surface area contributed by atoms with Crippen LogP contribution in [-0.2, 0) is 4.79 Å². The third kappa shape index (κ3) is 5.52. The summed E-state index contributed by atoms with van der Waals surface area (Å²) < 4.78 is 32.2. The summed E-state index contributed by atoms with van der Waals surface area (Å²) in [4.78, 5) is 26.7. The van der Waals surface area contributed by atoms with Gasteiger partial charge in [0, 0.05) is 38.0 Å². The van der Waals surface area contributed by atoms with Gasteiger partial charge < -0.3 is 15.0 Å². The van der Waals surface area contributed by atoms with E-state index in [0.717, 1.165) is 6.07 Å². The number of nitrogens with one attached hydrogen (secondary N) is 1. The molecular formula is C21H23ClF2N2O3. The van der Waals surface area contributed by atoms with Crippen LogP contribution in [0.25, 0.3) is 0 Å². The van der Waals surface area contributed by atoms with Crippen molar-refractivity contribution in [2.24, 2.45) is 0 Å². The highest BCUT2D eigenvalue weighted by molar-refractivity contribution is 5.98. The summed E-state index contributed by atoms with van der Waals surface area (Å²) in [7, 11) is 1.35. The molecule has 1 unspecified atom stereocenters. The van der Waals surface area contributed by atoms with Crippen LogP contribution < -0.4 is 10.1 Å². The second-order valence-electron chi connectivity index (χ2n) is 6.63. The minimum Gasteiger partial charge on any atom is -0.494 e. The fourth-order valence-corrected chi connectivity index (χ4v) is 3.36. The van der Waals surface area contributed by atoms with Crippen LogP contribution in [0.3, 0.4) is 0 Å². The van der Waals surface area contributed by atoms with Crippen LogP contribution in [0, 0.1) is 11.6 Å². The second kappa shape index (κ2) is 10.3. The molecule has 1 atom stereocenters. The summed E-state index contributed by atoms with van der Waals surface area (Å²) in [5.41, 5.74) is 0.914. The first-order valence-electron chi connectivity index (χ1n) is 9.12. The van der Waals surface area contributed by atoms with E-state index in [1.54, 1.807) is 17.0 Å². The number of amides is 1. The van der Waals surface area contributed by atoms with Crippen LogP contribution >= 0.6 is 12.4 Å². The first kappa shape index (κ1) is 22.8. The molecule has 2 aromatic carbocycles. The molecule has 0 radical (unpaired) electrons. The van der Waals surface area contributed by atoms with Gasteiger partial charge in [-0.3, -0.25) is 9.59 Å². The van der Waals surface area contributed by atoms with Gasteiger partial charge >= 0.3 is 0 Å². The Bertz CT molecular complexity index is 879. The van der Waals surface area contributed by atoms with Crippen molar-refractivity contribution in [3.8, 4) is 5.75 Å². The van der Waals surface area contributed by atoms with Crippen molar-refractivity contribution in [3.05, 3.63) is 65.2 Å². The molecular weight excluding hydrogens is 402 g/mol. The number of piperazine rings is 1. The lowest BCUT2D eigenvalue weighted by molar-refractivity contribution is -0.134. The fourth-order valence-electron chi connectivity index (χ4n) is 3.36. The van der Waals surface area contributed by atoms with Crippen molar-refractivity contribution >= 4 is 24.1 Å². The van der Waals surface area contributed by atoms with Gasteiger partial charge in [-0.1, -0.05) is 12.1 Å². The Kier molecular flexibility index (Phi) is 8.10. The molecule has 5 nitrogen and oxygen atoms in total. The normalized spacial score (nSPS) is 16.1. The fraction of sp³-hybridized carbons (Fsp3) is 0.333. The van der Waals surface area contributed by atoms with Crippen LogP contribution in [0.15, 0.2) is 42.5 Å². The van der Waals surface area contributed by atoms with Crippen molar-refractivity contribution in [1.29, 1.82) is 0 Å². The summed E-state index contributed by atoms with van der Waals surface area (Å²) in [5, 5.41) is 3.21. The maximum absolute atomic E-state index is 13.8. The van der Waals surface area contributed by atoms with Gasteiger partial charge in [0.15, 0.2) is 17.3 Å². The van der Waals surface area contributed by atoms with Crippen molar-refractivity contribution < 1.29 is 23.1 Å². The highest BCUT2D eigenvalue weighted by Crippen LogP contribution is 2.24. The highest BCUT2D eigenvalue weighted by Gasteiger charge is 2.28. The molecule has 1 heterocycles. The zero-order valence-electron chi connectivity index (χ0n) is 16.0. The van der Waals surface area contributed by atoms with Crippen molar-refractivity contribution in [1.82, 2.24) is 10.2 Å². The van der Waals surface area contributed by atoms with Gasteiger partial charge in [0.1, 0.15) is 5.82 Å². The number of hydrogen-bond acceptors (Lipinski definition) is 4. The SMILES string of the molecule is COc1ccc(C(=O)CCC(=O)N2CCNCC2c2cccc(F)c2)cc1F.Cl. The lowest BCUT2D eigenvalue weighted by Crippen LogP contribution is -2.48. The van der Waals surface area contributed by atoms with Gasteiger partial charge in [-0.2, -0.15) is 0 Å². The van der Waals surface area contributed by atoms with Gasteiger partial charge in [-0.15, -0.1) is 12.4 Å². The first-order chi connectivity index (χ1) is 13.5. The van der Waals surface area contributed by atoms with Gasteiger partial charge in [-0.25, -0.2) is 8.78 Å². The van der Waals surface area contributed by atoms with E-state index in [4.69, 9.17) is 4.74 Å². The minimum atomic E-state index is -0.618. The van der Waals surface area contributed by atoms with E-state index in [0.29, 0.717) is 25.2 Å². The Balaban J connectivity index is 0.00000300. The topological polar surface area (TPSA) is 58.6 Å². The quantitative estimate of drug-likeness (QED) is 0.721. The highest BCUT2D eigenvalue weighted by atomic mass is 35.5. The molecule has 2 aromatic rings. The van der Waals surface area contributed by atoms with Crippen molar-refractivity contribution in [2.75, 3.05) is 26.7 Å². The second-order valence-corrected chi connectivity index (χ2v) is 6.63. The lowest BCUT2D eigenvalue weighted by Gasteiger charge is -2.36. The predicted molar refractivity (Wildman–Crippen MR) is 107 cm³/mol.